The van der Waals surface area contributed by atoms with E-state index in [1.54, 1.807) is 0 Å². The molecule has 0 rings (SSSR count). The SMILES string of the molecule is C=CC(=O)NCC(C)(C)CCCC. The Morgan fingerprint density at radius 3 is 2.62 bits per heavy atom. The van der Waals surface area contributed by atoms with Gasteiger partial charge in [-0.3, -0.25) is 4.79 Å². The molecule has 0 saturated carbocycles. The van der Waals surface area contributed by atoms with Crippen LogP contribution in [0.4, 0.5) is 0 Å². The first-order valence-corrected chi connectivity index (χ1v) is 4.92. The summed E-state index contributed by atoms with van der Waals surface area (Å²) in [6, 6.07) is 0. The van der Waals surface area contributed by atoms with Gasteiger partial charge in [-0.05, 0) is 17.9 Å². The number of rotatable bonds is 6. The second-order valence-electron chi connectivity index (χ2n) is 4.19. The van der Waals surface area contributed by atoms with Gasteiger partial charge < -0.3 is 5.32 Å². The van der Waals surface area contributed by atoms with Gasteiger partial charge in [0.2, 0.25) is 5.91 Å². The van der Waals surface area contributed by atoms with Crippen LogP contribution in [0.3, 0.4) is 0 Å². The Balaban J connectivity index is 3.74. The predicted octanol–water partition coefficient (Wildman–Crippen LogP) is 2.51. The van der Waals surface area contributed by atoms with E-state index in [0.717, 1.165) is 13.0 Å². The Kier molecular flexibility index (Phi) is 5.44. The lowest BCUT2D eigenvalue weighted by Gasteiger charge is -2.24. The van der Waals surface area contributed by atoms with Gasteiger partial charge >= 0.3 is 0 Å². The van der Waals surface area contributed by atoms with E-state index in [4.69, 9.17) is 0 Å². The van der Waals surface area contributed by atoms with Gasteiger partial charge in [-0.1, -0.05) is 40.2 Å². The van der Waals surface area contributed by atoms with Crippen molar-refractivity contribution in [2.45, 2.75) is 40.0 Å². The number of carbonyl (C=O) groups is 1. The third-order valence-corrected chi connectivity index (χ3v) is 2.13. The van der Waals surface area contributed by atoms with Crippen molar-refractivity contribution in [3.05, 3.63) is 12.7 Å². The molecule has 2 nitrogen and oxygen atoms in total. The fourth-order valence-electron chi connectivity index (χ4n) is 1.14. The van der Waals surface area contributed by atoms with Crippen LogP contribution in [0.15, 0.2) is 12.7 Å². The van der Waals surface area contributed by atoms with Crippen LogP contribution in [0.25, 0.3) is 0 Å². The maximum Gasteiger partial charge on any atom is 0.243 e. The summed E-state index contributed by atoms with van der Waals surface area (Å²) < 4.78 is 0. The number of hydrogen-bond acceptors (Lipinski definition) is 1. The Morgan fingerprint density at radius 2 is 2.15 bits per heavy atom. The van der Waals surface area contributed by atoms with Crippen molar-refractivity contribution in [3.8, 4) is 0 Å². The standard InChI is InChI=1S/C11H21NO/c1-5-7-8-11(3,4)9-12-10(13)6-2/h6H,2,5,7-9H2,1,3-4H3,(H,12,13). The summed E-state index contributed by atoms with van der Waals surface area (Å²) in [5.41, 5.74) is 0.203. The summed E-state index contributed by atoms with van der Waals surface area (Å²) in [4.78, 5) is 10.9. The predicted molar refractivity (Wildman–Crippen MR) is 56.5 cm³/mol. The maximum atomic E-state index is 10.9. The van der Waals surface area contributed by atoms with E-state index in [1.165, 1.54) is 18.9 Å². The molecule has 76 valence electrons. The van der Waals surface area contributed by atoms with Crippen molar-refractivity contribution in [3.63, 3.8) is 0 Å². The summed E-state index contributed by atoms with van der Waals surface area (Å²) in [7, 11) is 0. The van der Waals surface area contributed by atoms with Crippen molar-refractivity contribution in [2.75, 3.05) is 6.54 Å². The summed E-state index contributed by atoms with van der Waals surface area (Å²) in [5, 5.41) is 2.82. The van der Waals surface area contributed by atoms with E-state index in [2.05, 4.69) is 32.7 Å². The number of carbonyl (C=O) groups excluding carboxylic acids is 1. The van der Waals surface area contributed by atoms with E-state index in [1.807, 2.05) is 0 Å². The van der Waals surface area contributed by atoms with Crippen LogP contribution in [-0.4, -0.2) is 12.5 Å². The highest BCUT2D eigenvalue weighted by molar-refractivity contribution is 5.86. The van der Waals surface area contributed by atoms with Gasteiger partial charge in [0.1, 0.15) is 0 Å². The van der Waals surface area contributed by atoms with Crippen molar-refractivity contribution in [1.82, 2.24) is 5.32 Å². The van der Waals surface area contributed by atoms with Gasteiger partial charge in [0.25, 0.3) is 0 Å². The third-order valence-electron chi connectivity index (χ3n) is 2.13. The molecule has 0 aliphatic rings. The molecule has 0 atom stereocenters. The average molecular weight is 183 g/mol. The van der Waals surface area contributed by atoms with E-state index < -0.39 is 0 Å². The Labute approximate surface area is 81.4 Å². The quantitative estimate of drug-likeness (QED) is 0.630. The lowest BCUT2D eigenvalue weighted by Crippen LogP contribution is -2.32. The normalized spacial score (nSPS) is 11.0. The molecule has 0 bridgehead atoms. The second kappa shape index (κ2) is 5.79. The molecule has 2 heteroatoms. The summed E-state index contributed by atoms with van der Waals surface area (Å²) >= 11 is 0. The summed E-state index contributed by atoms with van der Waals surface area (Å²) in [6.07, 6.45) is 4.90. The zero-order chi connectivity index (χ0) is 10.3. The fraction of sp³-hybridized carbons (Fsp3) is 0.727. The first-order valence-electron chi connectivity index (χ1n) is 4.92. The van der Waals surface area contributed by atoms with Gasteiger partial charge in [-0.15, -0.1) is 0 Å². The van der Waals surface area contributed by atoms with Gasteiger partial charge in [-0.2, -0.15) is 0 Å². The molecule has 0 aliphatic heterocycles. The molecular formula is C11H21NO. The van der Waals surface area contributed by atoms with Crippen LogP contribution in [-0.2, 0) is 4.79 Å². The molecule has 0 aromatic carbocycles. The van der Waals surface area contributed by atoms with Crippen LogP contribution < -0.4 is 5.32 Å². The molecule has 1 amide bonds. The van der Waals surface area contributed by atoms with Crippen LogP contribution in [0.1, 0.15) is 40.0 Å². The minimum absolute atomic E-state index is 0.0791. The van der Waals surface area contributed by atoms with Crippen molar-refractivity contribution in [1.29, 1.82) is 0 Å². The van der Waals surface area contributed by atoms with E-state index in [9.17, 15) is 4.79 Å². The summed E-state index contributed by atoms with van der Waals surface area (Å²) in [5.74, 6) is -0.0791. The van der Waals surface area contributed by atoms with Gasteiger partial charge in [0, 0.05) is 6.54 Å². The van der Waals surface area contributed by atoms with Crippen molar-refractivity contribution in [2.24, 2.45) is 5.41 Å². The van der Waals surface area contributed by atoms with Crippen molar-refractivity contribution < 1.29 is 4.79 Å². The number of nitrogens with one attached hydrogen (secondary N) is 1. The monoisotopic (exact) mass is 183 g/mol. The minimum Gasteiger partial charge on any atom is -0.352 e. The summed E-state index contributed by atoms with van der Waals surface area (Å²) in [6.45, 7) is 10.7. The molecule has 0 fully saturated rings. The van der Waals surface area contributed by atoms with Gasteiger partial charge in [0.15, 0.2) is 0 Å². The Hall–Kier alpha value is -0.790. The molecule has 0 heterocycles. The Morgan fingerprint density at radius 1 is 1.54 bits per heavy atom. The molecule has 0 spiro atoms. The topological polar surface area (TPSA) is 29.1 Å². The first-order chi connectivity index (χ1) is 6.02. The minimum atomic E-state index is -0.0791. The number of amides is 1. The molecule has 0 aromatic heterocycles. The maximum absolute atomic E-state index is 10.9. The highest BCUT2D eigenvalue weighted by atomic mass is 16.1. The van der Waals surface area contributed by atoms with Crippen molar-refractivity contribution >= 4 is 5.91 Å². The van der Waals surface area contributed by atoms with Gasteiger partial charge in [-0.25, -0.2) is 0 Å². The molecule has 0 aliphatic carbocycles. The largest absolute Gasteiger partial charge is 0.352 e. The van der Waals surface area contributed by atoms with Gasteiger partial charge in [0.05, 0.1) is 0 Å². The van der Waals surface area contributed by atoms with E-state index in [-0.39, 0.29) is 11.3 Å². The molecule has 0 saturated heterocycles. The molecule has 0 radical (unpaired) electrons. The smallest absolute Gasteiger partial charge is 0.243 e. The molecule has 1 N–H and O–H groups in total. The molecule has 0 unspecified atom stereocenters. The zero-order valence-electron chi connectivity index (χ0n) is 9.02. The molecular weight excluding hydrogens is 162 g/mol. The lowest BCUT2D eigenvalue weighted by atomic mass is 9.87. The number of hydrogen-bond donors (Lipinski definition) is 1. The highest BCUT2D eigenvalue weighted by Gasteiger charge is 2.16. The third kappa shape index (κ3) is 6.38. The second-order valence-corrected chi connectivity index (χ2v) is 4.19. The lowest BCUT2D eigenvalue weighted by molar-refractivity contribution is -0.116. The Bertz CT molecular complexity index is 173. The van der Waals surface area contributed by atoms with Crippen LogP contribution in [0.5, 0.6) is 0 Å². The molecule has 13 heavy (non-hydrogen) atoms. The van der Waals surface area contributed by atoms with Crippen LogP contribution in [0, 0.1) is 5.41 Å². The van der Waals surface area contributed by atoms with E-state index >= 15 is 0 Å². The van der Waals surface area contributed by atoms with E-state index in [0.29, 0.717) is 0 Å². The van der Waals surface area contributed by atoms with Crippen LogP contribution in [0.2, 0.25) is 0 Å². The fourth-order valence-corrected chi connectivity index (χ4v) is 1.14. The average Bonchev–Trinajstić information content (AvgIpc) is 2.11. The first kappa shape index (κ1) is 12.2. The highest BCUT2D eigenvalue weighted by Crippen LogP contribution is 2.21. The number of unbranched alkanes of at least 4 members (excludes halogenated alkanes) is 1. The van der Waals surface area contributed by atoms with Crippen LogP contribution >= 0.6 is 0 Å². The zero-order valence-corrected chi connectivity index (χ0v) is 9.02. The molecule has 0 aromatic rings.